The van der Waals surface area contributed by atoms with E-state index in [-0.39, 0.29) is 11.9 Å². The molecule has 4 heteroatoms. The average molecular weight is 252 g/mol. The minimum Gasteiger partial charge on any atom is -0.391 e. The molecule has 0 aromatic rings. The molecular formula is C14H24N2O2. The maximum absolute atomic E-state index is 11.9. The summed E-state index contributed by atoms with van der Waals surface area (Å²) in [7, 11) is 0. The largest absolute Gasteiger partial charge is 0.391 e. The molecule has 1 amide bonds. The molecule has 4 N–H and O–H groups in total. The highest BCUT2D eigenvalue weighted by Crippen LogP contribution is 2.26. The van der Waals surface area contributed by atoms with Gasteiger partial charge in [-0.25, -0.2) is 0 Å². The normalized spacial score (nSPS) is 36.3. The minimum absolute atomic E-state index is 0.0785. The lowest BCUT2D eigenvalue weighted by molar-refractivity contribution is -0.123. The molecule has 0 heterocycles. The van der Waals surface area contributed by atoms with E-state index < -0.39 is 6.10 Å². The van der Waals surface area contributed by atoms with Crippen LogP contribution in [0.3, 0.4) is 0 Å². The fourth-order valence-electron chi connectivity index (χ4n) is 2.88. The molecule has 0 radical (unpaired) electrons. The Morgan fingerprint density at radius 2 is 1.89 bits per heavy atom. The van der Waals surface area contributed by atoms with Crippen molar-refractivity contribution in [2.24, 2.45) is 11.7 Å². The van der Waals surface area contributed by atoms with E-state index in [2.05, 4.69) is 5.32 Å². The second-order valence-electron chi connectivity index (χ2n) is 5.67. The zero-order valence-corrected chi connectivity index (χ0v) is 10.8. The lowest BCUT2D eigenvalue weighted by atomic mass is 9.84. The maximum atomic E-state index is 11.9. The quantitative estimate of drug-likeness (QED) is 0.658. The number of carbonyl (C=O) groups excluding carboxylic acids is 1. The first-order chi connectivity index (χ1) is 8.65. The lowest BCUT2D eigenvalue weighted by Gasteiger charge is -2.28. The van der Waals surface area contributed by atoms with Crippen LogP contribution in [-0.2, 0) is 4.79 Å². The van der Waals surface area contributed by atoms with Gasteiger partial charge in [-0.3, -0.25) is 4.79 Å². The third-order valence-electron chi connectivity index (χ3n) is 4.11. The average Bonchev–Trinajstić information content (AvgIpc) is 2.35. The van der Waals surface area contributed by atoms with Gasteiger partial charge in [-0.15, -0.1) is 0 Å². The third-order valence-corrected chi connectivity index (χ3v) is 4.11. The molecule has 2 rings (SSSR count). The van der Waals surface area contributed by atoms with Crippen molar-refractivity contribution < 1.29 is 9.90 Å². The zero-order valence-electron chi connectivity index (χ0n) is 10.8. The number of carbonyl (C=O) groups is 1. The summed E-state index contributed by atoms with van der Waals surface area (Å²) < 4.78 is 0. The molecule has 2 aliphatic rings. The van der Waals surface area contributed by atoms with Gasteiger partial charge in [0.1, 0.15) is 0 Å². The van der Waals surface area contributed by atoms with Crippen LogP contribution in [0.2, 0.25) is 0 Å². The van der Waals surface area contributed by atoms with Crippen molar-refractivity contribution in [3.05, 3.63) is 12.2 Å². The van der Waals surface area contributed by atoms with E-state index >= 15 is 0 Å². The summed E-state index contributed by atoms with van der Waals surface area (Å²) in [4.78, 5) is 11.9. The van der Waals surface area contributed by atoms with Gasteiger partial charge in [0.2, 0.25) is 5.91 Å². The van der Waals surface area contributed by atoms with E-state index in [1.165, 1.54) is 0 Å². The van der Waals surface area contributed by atoms with Gasteiger partial charge in [-0.2, -0.15) is 0 Å². The number of amides is 1. The standard InChI is InChI=1S/C14H24N2O2/c15-11-7-5-10(6-8-11)9-14(18)16-12-3-1-2-4-13(12)17/h1-2,10-13,17H,3-9,15H2,(H,16,18)/t10?,11?,12?,13-/m1/s1. The van der Waals surface area contributed by atoms with E-state index in [0.717, 1.165) is 32.1 Å². The molecule has 0 bridgehead atoms. The molecule has 0 aromatic carbocycles. The predicted octanol–water partition coefficient (Wildman–Crippen LogP) is 1.09. The summed E-state index contributed by atoms with van der Waals surface area (Å²) in [5.41, 5.74) is 5.85. The number of aliphatic hydroxyl groups is 1. The van der Waals surface area contributed by atoms with E-state index in [0.29, 0.717) is 24.8 Å². The van der Waals surface area contributed by atoms with E-state index in [9.17, 15) is 9.90 Å². The topological polar surface area (TPSA) is 75.4 Å². The Bertz CT molecular complexity index is 309. The van der Waals surface area contributed by atoms with Crippen molar-refractivity contribution in [1.29, 1.82) is 0 Å². The van der Waals surface area contributed by atoms with E-state index in [1.807, 2.05) is 12.2 Å². The molecule has 2 atom stereocenters. The fourth-order valence-corrected chi connectivity index (χ4v) is 2.88. The second-order valence-corrected chi connectivity index (χ2v) is 5.67. The highest BCUT2D eigenvalue weighted by atomic mass is 16.3. The molecule has 102 valence electrons. The summed E-state index contributed by atoms with van der Waals surface area (Å²) >= 11 is 0. The SMILES string of the molecule is NC1CCC(CC(=O)NC2CC=CC[C@H]2O)CC1. The molecule has 1 unspecified atom stereocenters. The predicted molar refractivity (Wildman–Crippen MR) is 70.9 cm³/mol. The van der Waals surface area contributed by atoms with Gasteiger partial charge in [-0.1, -0.05) is 12.2 Å². The van der Waals surface area contributed by atoms with Crippen LogP contribution >= 0.6 is 0 Å². The number of hydrogen-bond acceptors (Lipinski definition) is 3. The Hall–Kier alpha value is -0.870. The number of aliphatic hydroxyl groups excluding tert-OH is 1. The highest BCUT2D eigenvalue weighted by molar-refractivity contribution is 5.76. The van der Waals surface area contributed by atoms with Crippen LogP contribution in [0.4, 0.5) is 0 Å². The summed E-state index contributed by atoms with van der Waals surface area (Å²) in [6, 6.07) is 0.225. The minimum atomic E-state index is -0.432. The van der Waals surface area contributed by atoms with Crippen molar-refractivity contribution in [3.63, 3.8) is 0 Å². The Morgan fingerprint density at radius 1 is 1.22 bits per heavy atom. The smallest absolute Gasteiger partial charge is 0.220 e. The van der Waals surface area contributed by atoms with Crippen LogP contribution in [0.15, 0.2) is 12.2 Å². The second kappa shape index (κ2) is 6.34. The molecule has 0 aliphatic heterocycles. The van der Waals surface area contributed by atoms with Crippen LogP contribution in [0.5, 0.6) is 0 Å². The molecule has 4 nitrogen and oxygen atoms in total. The summed E-state index contributed by atoms with van der Waals surface area (Å²) in [6.07, 6.45) is 9.71. The van der Waals surface area contributed by atoms with Gasteiger partial charge < -0.3 is 16.2 Å². The molecular weight excluding hydrogens is 228 g/mol. The van der Waals surface area contributed by atoms with E-state index in [4.69, 9.17) is 5.73 Å². The fraction of sp³-hybridized carbons (Fsp3) is 0.786. The van der Waals surface area contributed by atoms with Crippen LogP contribution in [0, 0.1) is 5.92 Å². The molecule has 1 saturated carbocycles. The van der Waals surface area contributed by atoms with Crippen molar-refractivity contribution >= 4 is 5.91 Å². The number of nitrogens with one attached hydrogen (secondary N) is 1. The first kappa shape index (κ1) is 13.6. The van der Waals surface area contributed by atoms with Gasteiger partial charge in [0.15, 0.2) is 0 Å². The number of rotatable bonds is 3. The van der Waals surface area contributed by atoms with Gasteiger partial charge in [0.25, 0.3) is 0 Å². The molecule has 0 spiro atoms. The van der Waals surface area contributed by atoms with Gasteiger partial charge in [0.05, 0.1) is 12.1 Å². The summed E-state index contributed by atoms with van der Waals surface area (Å²) in [6.45, 7) is 0. The van der Waals surface area contributed by atoms with E-state index in [1.54, 1.807) is 0 Å². The first-order valence-corrected chi connectivity index (χ1v) is 7.03. The van der Waals surface area contributed by atoms with Crippen molar-refractivity contribution in [3.8, 4) is 0 Å². The van der Waals surface area contributed by atoms with Crippen LogP contribution < -0.4 is 11.1 Å². The van der Waals surface area contributed by atoms with Crippen molar-refractivity contribution in [2.75, 3.05) is 0 Å². The monoisotopic (exact) mass is 252 g/mol. The molecule has 0 saturated heterocycles. The van der Waals surface area contributed by atoms with Gasteiger partial charge in [0, 0.05) is 12.5 Å². The molecule has 0 aromatic heterocycles. The Kier molecular flexibility index (Phi) is 4.78. The van der Waals surface area contributed by atoms with Crippen molar-refractivity contribution in [1.82, 2.24) is 5.32 Å². The van der Waals surface area contributed by atoms with Gasteiger partial charge >= 0.3 is 0 Å². The third kappa shape index (κ3) is 3.82. The molecule has 2 aliphatic carbocycles. The number of nitrogens with two attached hydrogens (primary N) is 1. The van der Waals surface area contributed by atoms with Crippen LogP contribution in [0.25, 0.3) is 0 Å². The number of hydrogen-bond donors (Lipinski definition) is 3. The van der Waals surface area contributed by atoms with Crippen LogP contribution in [-0.4, -0.2) is 29.2 Å². The zero-order chi connectivity index (χ0) is 13.0. The summed E-state index contributed by atoms with van der Waals surface area (Å²) in [5, 5.41) is 12.7. The lowest BCUT2D eigenvalue weighted by Crippen LogP contribution is -2.44. The first-order valence-electron chi connectivity index (χ1n) is 7.03. The molecule has 1 fully saturated rings. The highest BCUT2D eigenvalue weighted by Gasteiger charge is 2.25. The Labute approximate surface area is 109 Å². The summed E-state index contributed by atoms with van der Waals surface area (Å²) in [5.74, 6) is 0.552. The van der Waals surface area contributed by atoms with Crippen LogP contribution in [0.1, 0.15) is 44.9 Å². The Balaban J connectivity index is 1.73. The van der Waals surface area contributed by atoms with Crippen molar-refractivity contribution in [2.45, 2.75) is 63.1 Å². The Morgan fingerprint density at radius 3 is 2.56 bits per heavy atom. The maximum Gasteiger partial charge on any atom is 0.220 e. The van der Waals surface area contributed by atoms with Gasteiger partial charge in [-0.05, 0) is 44.4 Å². The molecule has 18 heavy (non-hydrogen) atoms.